The Morgan fingerprint density at radius 3 is 2.48 bits per heavy atom. The Kier molecular flexibility index (Phi) is 11.5. The summed E-state index contributed by atoms with van der Waals surface area (Å²) in [7, 11) is 1.45. The highest BCUT2D eigenvalue weighted by atomic mass is 32.2. The first-order valence-corrected chi connectivity index (χ1v) is 20.7. The summed E-state index contributed by atoms with van der Waals surface area (Å²) < 4.78 is 76.9. The number of hydrogen-bond donors (Lipinski definition) is 2. The fraction of sp³-hybridized carbons (Fsp3) is 0.386. The molecule has 2 N–H and O–H groups in total. The second-order valence-corrected chi connectivity index (χ2v) is 16.6. The van der Waals surface area contributed by atoms with E-state index in [1.807, 2.05) is 48.2 Å². The number of carbonyl (C=O) groups is 4. The van der Waals surface area contributed by atoms with Crippen LogP contribution < -0.4 is 34.3 Å². The van der Waals surface area contributed by atoms with Gasteiger partial charge in [-0.25, -0.2) is 9.59 Å². The molecule has 18 heteroatoms. The first kappa shape index (κ1) is 42.7. The van der Waals surface area contributed by atoms with Crippen molar-refractivity contribution in [2.45, 2.75) is 80.8 Å². The zero-order chi connectivity index (χ0) is 44.2. The quantitative estimate of drug-likeness (QED) is 0.117. The van der Waals surface area contributed by atoms with E-state index in [-0.39, 0.29) is 35.5 Å². The van der Waals surface area contributed by atoms with Crippen LogP contribution in [0.5, 0.6) is 28.7 Å². The summed E-state index contributed by atoms with van der Waals surface area (Å²) in [5.74, 6) is -4.75. The molecular formula is C44H41F3N4O10S. The van der Waals surface area contributed by atoms with E-state index < -0.39 is 89.8 Å². The van der Waals surface area contributed by atoms with Gasteiger partial charge in [0.05, 0.1) is 30.5 Å². The number of ether oxygens (including phenoxy) is 6. The van der Waals surface area contributed by atoms with Crippen molar-refractivity contribution in [2.75, 3.05) is 26.3 Å². The molecule has 3 aromatic rings. The molecule has 324 valence electrons. The van der Waals surface area contributed by atoms with Gasteiger partial charge in [-0.05, 0) is 43.0 Å². The first-order valence-electron chi connectivity index (χ1n) is 19.7. The van der Waals surface area contributed by atoms with Crippen molar-refractivity contribution in [2.24, 2.45) is 0 Å². The molecule has 0 aliphatic carbocycles. The summed E-state index contributed by atoms with van der Waals surface area (Å²) in [4.78, 5) is 54.6. The van der Waals surface area contributed by atoms with Crippen molar-refractivity contribution in [1.82, 2.24) is 15.5 Å². The number of carbonyl (C=O) groups excluding carboxylic acids is 4. The molecule has 4 bridgehead atoms. The minimum atomic E-state index is -5.31. The van der Waals surface area contributed by atoms with Gasteiger partial charge in [-0.2, -0.15) is 18.4 Å². The van der Waals surface area contributed by atoms with Gasteiger partial charge in [-0.15, -0.1) is 18.3 Å². The number of alkyl halides is 3. The van der Waals surface area contributed by atoms with E-state index in [0.29, 0.717) is 34.2 Å². The summed E-state index contributed by atoms with van der Waals surface area (Å²) in [6, 6.07) is 7.47. The zero-order valence-electron chi connectivity index (χ0n) is 33.9. The summed E-state index contributed by atoms with van der Waals surface area (Å²) in [5.41, 5.74) is 3.84. The minimum absolute atomic E-state index is 0.0945. The Labute approximate surface area is 358 Å². The molecule has 8 atom stereocenters. The maximum Gasteiger partial charge on any atom is 0.471 e. The number of nitriles is 1. The molecule has 5 aliphatic rings. The molecule has 62 heavy (non-hydrogen) atoms. The van der Waals surface area contributed by atoms with Crippen LogP contribution in [0.2, 0.25) is 0 Å². The maximum atomic E-state index is 13.8. The van der Waals surface area contributed by atoms with E-state index in [2.05, 4.69) is 18.0 Å². The number of cyclic esters (lactones) is 1. The highest BCUT2D eigenvalue weighted by Crippen LogP contribution is 2.64. The number of hydrogen-bond acceptors (Lipinski definition) is 14. The van der Waals surface area contributed by atoms with Gasteiger partial charge in [0.15, 0.2) is 23.0 Å². The number of benzene rings is 3. The third-order valence-electron chi connectivity index (χ3n) is 11.8. The molecule has 0 spiro atoms. The largest absolute Gasteiger partial charge is 0.493 e. The van der Waals surface area contributed by atoms with Crippen LogP contribution in [0.1, 0.15) is 75.5 Å². The van der Waals surface area contributed by atoms with Crippen LogP contribution in [0.3, 0.4) is 0 Å². The van der Waals surface area contributed by atoms with Gasteiger partial charge in [0.2, 0.25) is 6.79 Å². The van der Waals surface area contributed by atoms with Crippen LogP contribution in [0.15, 0.2) is 55.1 Å². The van der Waals surface area contributed by atoms with Crippen molar-refractivity contribution >= 4 is 41.7 Å². The van der Waals surface area contributed by atoms with Gasteiger partial charge < -0.3 is 39.1 Å². The number of thioether (sulfide) groups is 1. The van der Waals surface area contributed by atoms with Crippen LogP contribution in [-0.2, 0) is 23.9 Å². The van der Waals surface area contributed by atoms with Crippen LogP contribution >= 0.6 is 11.8 Å². The average Bonchev–Trinajstić information content (AvgIpc) is 3.73. The predicted molar refractivity (Wildman–Crippen MR) is 217 cm³/mol. The smallest absolute Gasteiger partial charge is 0.471 e. The topological polar surface area (TPSA) is 175 Å². The maximum absolute atomic E-state index is 13.8. The zero-order valence-corrected chi connectivity index (χ0v) is 34.7. The molecule has 0 aromatic heterocycles. The first-order chi connectivity index (χ1) is 29.7. The Hall–Kier alpha value is -6.03. The number of halogens is 3. The van der Waals surface area contributed by atoms with Gasteiger partial charge in [-0.1, -0.05) is 42.5 Å². The molecule has 5 aliphatic heterocycles. The lowest BCUT2D eigenvalue weighted by molar-refractivity contribution is -0.175. The summed E-state index contributed by atoms with van der Waals surface area (Å²) >= 11 is 0.999. The van der Waals surface area contributed by atoms with Crippen LogP contribution in [0.25, 0.3) is 6.08 Å². The number of amides is 1. The van der Waals surface area contributed by atoms with Gasteiger partial charge in [0.25, 0.3) is 0 Å². The third kappa shape index (κ3) is 7.31. The molecule has 0 saturated carbocycles. The highest BCUT2D eigenvalue weighted by Gasteiger charge is 2.61. The molecular weight excluding hydrogens is 834 g/mol. The van der Waals surface area contributed by atoms with Crippen molar-refractivity contribution < 1.29 is 60.8 Å². The van der Waals surface area contributed by atoms with Crippen LogP contribution in [-0.4, -0.2) is 85.3 Å². The number of aryl methyl sites for hydroxylation is 1. The summed E-state index contributed by atoms with van der Waals surface area (Å²) in [5, 5.41) is 15.8. The van der Waals surface area contributed by atoms with Crippen molar-refractivity contribution in [1.29, 1.82) is 5.26 Å². The molecule has 2 saturated heterocycles. The fourth-order valence-electron chi connectivity index (χ4n) is 9.45. The summed E-state index contributed by atoms with van der Waals surface area (Å²) in [6.45, 7) is 7.98. The summed E-state index contributed by atoms with van der Waals surface area (Å²) in [6.07, 6.45) is -0.303. The van der Waals surface area contributed by atoms with Crippen LogP contribution in [0.4, 0.5) is 13.2 Å². The Morgan fingerprint density at radius 2 is 1.81 bits per heavy atom. The van der Waals surface area contributed by atoms with E-state index in [1.54, 1.807) is 24.4 Å². The molecule has 8 rings (SSSR count). The number of allylic oxidation sites excluding steroid dienone is 1. The number of fused-ring (bicyclic) bond motifs is 9. The number of esters is 3. The van der Waals surface area contributed by atoms with Crippen molar-refractivity contribution in [3.63, 3.8) is 0 Å². The lowest BCUT2D eigenvalue weighted by Crippen LogP contribution is -2.70. The second-order valence-electron chi connectivity index (χ2n) is 15.4. The third-order valence-corrected chi connectivity index (χ3v) is 13.2. The molecule has 5 heterocycles. The molecule has 14 nitrogen and oxygen atoms in total. The Morgan fingerprint density at radius 1 is 1.06 bits per heavy atom. The minimum Gasteiger partial charge on any atom is -0.493 e. The van der Waals surface area contributed by atoms with E-state index in [1.165, 1.54) is 20.1 Å². The highest BCUT2D eigenvalue weighted by molar-refractivity contribution is 7.99. The fourth-order valence-corrected chi connectivity index (χ4v) is 11.0. The SMILES string of the molecule is C=CCC1c2cc(C)c(OC)c(OC(=O)/C=C/c3ccccc3)c2C2NC1[C@H](C#N)N1C2[C@@H]2SCC(NC(=O)C(F)(F)F)C(=O)OC[C@H]1c1c3c(c(C)c(OC(C)=O)c12)OCO3. The standard InChI is InChI=1S/C44H41F3N4O10S/c1-6-10-24-25-15-20(2)36(56-5)40(61-29(53)14-13-23-11-8-7-9-12-23)30(25)34-35-41-32-31(39-38(58-19-59-39)21(3)37(32)60-22(4)52)28(51(35)27(16-48)33(24)50-34)17-57-42(54)26(18-62-41)49-43(55)44(45,46)47/h6-9,11-15,24,26-28,33-35,41,50H,1,10,17-19H2,2-5H3,(H,49,55)/b14-13+/t24?,26?,27-,28-,33?,34?,35?,41+/m0/s1. The van der Waals surface area contributed by atoms with Crippen LogP contribution in [0, 0.1) is 25.2 Å². The van der Waals surface area contributed by atoms with Gasteiger partial charge in [0.1, 0.15) is 24.4 Å². The molecule has 3 aromatic carbocycles. The van der Waals surface area contributed by atoms with E-state index in [4.69, 9.17) is 28.4 Å². The number of piperazine rings is 1. The lowest BCUT2D eigenvalue weighted by Gasteiger charge is -2.60. The van der Waals surface area contributed by atoms with E-state index in [9.17, 15) is 37.6 Å². The van der Waals surface area contributed by atoms with Crippen molar-refractivity contribution in [3.05, 3.63) is 94.1 Å². The predicted octanol–water partition coefficient (Wildman–Crippen LogP) is 5.97. The molecule has 2 fully saturated rings. The molecule has 0 radical (unpaired) electrons. The lowest BCUT2D eigenvalue weighted by atomic mass is 9.68. The number of nitrogens with zero attached hydrogens (tertiary/aromatic N) is 2. The molecule has 5 unspecified atom stereocenters. The number of rotatable bonds is 8. The molecule has 1 amide bonds. The monoisotopic (exact) mass is 874 g/mol. The van der Waals surface area contributed by atoms with Gasteiger partial charge >= 0.3 is 30.0 Å². The Balaban J connectivity index is 1.38. The van der Waals surface area contributed by atoms with E-state index in [0.717, 1.165) is 22.9 Å². The van der Waals surface area contributed by atoms with E-state index >= 15 is 0 Å². The normalized spacial score (nSPS) is 25.9. The number of methoxy groups -OCH3 is 1. The average molecular weight is 875 g/mol. The van der Waals surface area contributed by atoms with Gasteiger partial charge in [0, 0.05) is 59.0 Å². The van der Waals surface area contributed by atoms with Crippen molar-refractivity contribution in [3.8, 4) is 34.8 Å². The second kappa shape index (κ2) is 16.7. The van der Waals surface area contributed by atoms with Gasteiger partial charge in [-0.3, -0.25) is 14.5 Å². The Bertz CT molecular complexity index is 2440. The number of nitrogens with one attached hydrogen (secondary N) is 2.